The largest absolute Gasteiger partial charge is 0.230 e. The van der Waals surface area contributed by atoms with Crippen LogP contribution in [-0.4, -0.2) is 4.98 Å². The minimum absolute atomic E-state index is 0.437. The van der Waals surface area contributed by atoms with Crippen molar-refractivity contribution in [3.05, 3.63) is 60.2 Å². The summed E-state index contributed by atoms with van der Waals surface area (Å²) in [4.78, 5) is 4.66. The maximum absolute atomic E-state index is 4.66. The van der Waals surface area contributed by atoms with Gasteiger partial charge in [0.05, 0.1) is 10.2 Å². The first-order valence-corrected chi connectivity index (χ1v) is 7.60. The van der Waals surface area contributed by atoms with Crippen LogP contribution in [-0.2, 0) is 0 Å². The van der Waals surface area contributed by atoms with E-state index < -0.39 is 0 Å². The average Bonchev–Trinajstić information content (AvgIpc) is 2.82. The molecule has 0 unspecified atom stereocenters. The van der Waals surface area contributed by atoms with E-state index in [1.165, 1.54) is 10.3 Å². The molecule has 0 saturated heterocycles. The summed E-state index contributed by atoms with van der Waals surface area (Å²) in [5.74, 6) is 0. The first-order chi connectivity index (χ1) is 8.83. The van der Waals surface area contributed by atoms with Gasteiger partial charge in [-0.2, -0.15) is 0 Å². The highest BCUT2D eigenvalue weighted by molar-refractivity contribution is 8.01. The summed E-state index contributed by atoms with van der Waals surface area (Å²) >= 11 is 3.60. The van der Waals surface area contributed by atoms with E-state index in [0.717, 1.165) is 9.86 Å². The molecule has 0 amide bonds. The third-order valence-electron chi connectivity index (χ3n) is 2.82. The van der Waals surface area contributed by atoms with Gasteiger partial charge in [0.1, 0.15) is 0 Å². The molecule has 3 aromatic rings. The summed E-state index contributed by atoms with van der Waals surface area (Å²) in [6.07, 6.45) is 0. The predicted octanol–water partition coefficient (Wildman–Crippen LogP) is 5.15. The highest BCUT2D eigenvalue weighted by atomic mass is 32.2. The number of hydrogen-bond acceptors (Lipinski definition) is 3. The van der Waals surface area contributed by atoms with Crippen molar-refractivity contribution in [3.8, 4) is 0 Å². The second-order valence-corrected chi connectivity index (χ2v) is 6.74. The van der Waals surface area contributed by atoms with Crippen LogP contribution in [0.3, 0.4) is 0 Å². The lowest BCUT2D eigenvalue weighted by molar-refractivity contribution is 1.09. The highest BCUT2D eigenvalue weighted by Gasteiger charge is 2.10. The number of aromatic nitrogens is 1. The molecule has 1 aromatic heterocycles. The molecule has 0 aliphatic rings. The molecule has 0 spiro atoms. The third kappa shape index (κ3) is 2.42. The van der Waals surface area contributed by atoms with Crippen molar-refractivity contribution in [2.24, 2.45) is 0 Å². The van der Waals surface area contributed by atoms with Crippen molar-refractivity contribution in [3.63, 3.8) is 0 Å². The zero-order chi connectivity index (χ0) is 12.4. The molecule has 1 atom stereocenters. The molecule has 0 fully saturated rings. The normalized spacial score (nSPS) is 12.7. The fourth-order valence-electron chi connectivity index (χ4n) is 1.84. The fraction of sp³-hybridized carbons (Fsp3) is 0.133. The number of fused-ring (bicyclic) bond motifs is 1. The topological polar surface area (TPSA) is 12.9 Å². The van der Waals surface area contributed by atoms with E-state index in [0.29, 0.717) is 5.25 Å². The molecule has 2 aromatic carbocycles. The van der Waals surface area contributed by atoms with Crippen LogP contribution in [0.15, 0.2) is 58.9 Å². The number of hydrogen-bond donors (Lipinski definition) is 0. The zero-order valence-electron chi connectivity index (χ0n) is 10.0. The molecule has 18 heavy (non-hydrogen) atoms. The molecule has 1 heterocycles. The van der Waals surface area contributed by atoms with Gasteiger partial charge in [0.2, 0.25) is 0 Å². The Balaban J connectivity index is 1.84. The van der Waals surface area contributed by atoms with Crippen molar-refractivity contribution >= 4 is 33.3 Å². The van der Waals surface area contributed by atoms with Gasteiger partial charge in [-0.1, -0.05) is 54.2 Å². The Morgan fingerprint density at radius 3 is 2.50 bits per heavy atom. The van der Waals surface area contributed by atoms with E-state index in [1.807, 2.05) is 17.8 Å². The van der Waals surface area contributed by atoms with Gasteiger partial charge >= 0.3 is 0 Å². The molecule has 0 N–H and O–H groups in total. The molecule has 0 aliphatic heterocycles. The van der Waals surface area contributed by atoms with E-state index >= 15 is 0 Å². The standard InChI is InChI=1S/C15H13NS2/c1-11(12-7-3-2-4-8-12)17-15-16-13-9-5-6-10-14(13)18-15/h2-11H,1H3/t11-/m1/s1. The van der Waals surface area contributed by atoms with E-state index in [1.54, 1.807) is 11.3 Å². The van der Waals surface area contributed by atoms with Crippen molar-refractivity contribution in [1.82, 2.24) is 4.98 Å². The smallest absolute Gasteiger partial charge is 0.151 e. The van der Waals surface area contributed by atoms with E-state index in [4.69, 9.17) is 0 Å². The van der Waals surface area contributed by atoms with Crippen LogP contribution in [0, 0.1) is 0 Å². The number of para-hydroxylation sites is 1. The van der Waals surface area contributed by atoms with Gasteiger partial charge in [-0.3, -0.25) is 0 Å². The second kappa shape index (κ2) is 5.12. The molecule has 0 aliphatic carbocycles. The summed E-state index contributed by atoms with van der Waals surface area (Å²) in [5, 5.41) is 0.437. The van der Waals surface area contributed by atoms with Crippen molar-refractivity contribution < 1.29 is 0 Å². The molecular formula is C15H13NS2. The lowest BCUT2D eigenvalue weighted by Gasteiger charge is -2.08. The number of benzene rings is 2. The minimum Gasteiger partial charge on any atom is -0.230 e. The van der Waals surface area contributed by atoms with Gasteiger partial charge in [0, 0.05) is 5.25 Å². The molecular weight excluding hydrogens is 258 g/mol. The zero-order valence-corrected chi connectivity index (χ0v) is 11.7. The van der Waals surface area contributed by atoms with Crippen LogP contribution in [0.2, 0.25) is 0 Å². The van der Waals surface area contributed by atoms with Gasteiger partial charge in [0.15, 0.2) is 4.34 Å². The third-order valence-corrected chi connectivity index (χ3v) is 5.11. The number of thioether (sulfide) groups is 1. The molecule has 0 saturated carbocycles. The first kappa shape index (κ1) is 11.8. The lowest BCUT2D eigenvalue weighted by atomic mass is 10.2. The van der Waals surface area contributed by atoms with Gasteiger partial charge < -0.3 is 0 Å². The van der Waals surface area contributed by atoms with E-state index in [2.05, 4.69) is 60.4 Å². The van der Waals surface area contributed by atoms with Crippen LogP contribution in [0.1, 0.15) is 17.7 Å². The maximum atomic E-state index is 4.66. The predicted molar refractivity (Wildman–Crippen MR) is 80.3 cm³/mol. The average molecular weight is 271 g/mol. The summed E-state index contributed by atoms with van der Waals surface area (Å²) in [5.41, 5.74) is 2.45. The summed E-state index contributed by atoms with van der Waals surface area (Å²) in [7, 11) is 0. The Kier molecular flexibility index (Phi) is 3.35. The number of thiazole rings is 1. The van der Waals surface area contributed by atoms with Crippen LogP contribution in [0.5, 0.6) is 0 Å². The maximum Gasteiger partial charge on any atom is 0.151 e. The first-order valence-electron chi connectivity index (χ1n) is 5.90. The van der Waals surface area contributed by atoms with Crippen LogP contribution in [0.4, 0.5) is 0 Å². The lowest BCUT2D eigenvalue weighted by Crippen LogP contribution is -1.86. The molecule has 3 heteroatoms. The molecule has 90 valence electrons. The monoisotopic (exact) mass is 271 g/mol. The van der Waals surface area contributed by atoms with Gasteiger partial charge in [0.25, 0.3) is 0 Å². The summed E-state index contributed by atoms with van der Waals surface area (Å²) < 4.78 is 2.41. The van der Waals surface area contributed by atoms with Crippen molar-refractivity contribution in [2.45, 2.75) is 16.5 Å². The number of nitrogens with zero attached hydrogens (tertiary/aromatic N) is 1. The Morgan fingerprint density at radius 1 is 1.00 bits per heavy atom. The van der Waals surface area contributed by atoms with Crippen LogP contribution < -0.4 is 0 Å². The highest BCUT2D eigenvalue weighted by Crippen LogP contribution is 2.38. The molecule has 0 radical (unpaired) electrons. The summed E-state index contributed by atoms with van der Waals surface area (Å²) in [6, 6.07) is 18.9. The molecule has 3 rings (SSSR count). The second-order valence-electron chi connectivity index (χ2n) is 4.12. The van der Waals surface area contributed by atoms with Crippen LogP contribution >= 0.6 is 23.1 Å². The number of rotatable bonds is 3. The Bertz CT molecular complexity index is 613. The quantitative estimate of drug-likeness (QED) is 0.611. The van der Waals surface area contributed by atoms with E-state index in [-0.39, 0.29) is 0 Å². The Morgan fingerprint density at radius 2 is 1.72 bits per heavy atom. The Hall–Kier alpha value is -1.32. The van der Waals surface area contributed by atoms with Crippen molar-refractivity contribution in [2.75, 3.05) is 0 Å². The van der Waals surface area contributed by atoms with Gasteiger partial charge in [-0.15, -0.1) is 11.3 Å². The molecule has 0 bridgehead atoms. The van der Waals surface area contributed by atoms with Gasteiger partial charge in [-0.05, 0) is 24.6 Å². The fourth-order valence-corrected chi connectivity index (χ4v) is 4.18. The summed E-state index contributed by atoms with van der Waals surface area (Å²) in [6.45, 7) is 2.23. The molecule has 1 nitrogen and oxygen atoms in total. The Labute approximate surface area is 115 Å². The van der Waals surface area contributed by atoms with Gasteiger partial charge in [-0.25, -0.2) is 4.98 Å². The van der Waals surface area contributed by atoms with Crippen LogP contribution in [0.25, 0.3) is 10.2 Å². The van der Waals surface area contributed by atoms with E-state index in [9.17, 15) is 0 Å². The van der Waals surface area contributed by atoms with Crippen molar-refractivity contribution in [1.29, 1.82) is 0 Å². The SMILES string of the molecule is C[C@@H](Sc1nc2ccccc2s1)c1ccccc1. The minimum atomic E-state index is 0.437.